The molecule has 1 aliphatic carbocycles. The van der Waals surface area contributed by atoms with Crippen LogP contribution in [0.4, 0.5) is 0 Å². The van der Waals surface area contributed by atoms with E-state index in [9.17, 15) is 0 Å². The first-order chi connectivity index (χ1) is 4.84. The molecular formula is C10H16. The van der Waals surface area contributed by atoms with Crippen molar-refractivity contribution in [3.8, 4) is 0 Å². The zero-order chi connectivity index (χ0) is 7.40. The summed E-state index contributed by atoms with van der Waals surface area (Å²) >= 11 is 0. The molecule has 0 spiro atoms. The summed E-state index contributed by atoms with van der Waals surface area (Å²) < 4.78 is 0. The zero-order valence-electron chi connectivity index (χ0n) is 6.93. The fourth-order valence-corrected chi connectivity index (χ4v) is 1.36. The summed E-state index contributed by atoms with van der Waals surface area (Å²) in [4.78, 5) is 0. The Morgan fingerprint density at radius 1 is 1.50 bits per heavy atom. The van der Waals surface area contributed by atoms with E-state index >= 15 is 0 Å². The molecule has 1 aliphatic rings. The van der Waals surface area contributed by atoms with Crippen molar-refractivity contribution in [3.05, 3.63) is 23.8 Å². The van der Waals surface area contributed by atoms with E-state index in [0.29, 0.717) is 0 Å². The van der Waals surface area contributed by atoms with E-state index < -0.39 is 0 Å². The monoisotopic (exact) mass is 136 g/mol. The number of allylic oxidation sites excluding steroid dienone is 4. The van der Waals surface area contributed by atoms with Gasteiger partial charge in [-0.25, -0.2) is 0 Å². The predicted octanol–water partition coefficient (Wildman–Crippen LogP) is 3.31. The fourth-order valence-electron chi connectivity index (χ4n) is 1.36. The van der Waals surface area contributed by atoms with E-state index in [1.54, 1.807) is 0 Å². The van der Waals surface area contributed by atoms with Gasteiger partial charge in [-0.05, 0) is 19.3 Å². The molecule has 0 fully saturated rings. The molecule has 0 aromatic rings. The molecule has 0 N–H and O–H groups in total. The molecule has 0 heterocycles. The van der Waals surface area contributed by atoms with Gasteiger partial charge in [0.15, 0.2) is 0 Å². The molecule has 0 heteroatoms. The third kappa shape index (κ3) is 1.73. The van der Waals surface area contributed by atoms with Gasteiger partial charge in [0.25, 0.3) is 0 Å². The van der Waals surface area contributed by atoms with Crippen molar-refractivity contribution < 1.29 is 0 Å². The number of unbranched alkanes of at least 4 members (excludes halogenated alkanes) is 1. The quantitative estimate of drug-likeness (QED) is 0.558. The average Bonchev–Trinajstić information content (AvgIpc) is 2.31. The van der Waals surface area contributed by atoms with Gasteiger partial charge < -0.3 is 0 Å². The van der Waals surface area contributed by atoms with E-state index in [1.165, 1.54) is 24.8 Å². The van der Waals surface area contributed by atoms with Crippen LogP contribution in [0.2, 0.25) is 0 Å². The summed E-state index contributed by atoms with van der Waals surface area (Å²) in [5.74, 6) is 0.764. The van der Waals surface area contributed by atoms with Gasteiger partial charge in [-0.15, -0.1) is 0 Å². The number of hydrogen-bond donors (Lipinski definition) is 0. The Kier molecular flexibility index (Phi) is 2.73. The Labute approximate surface area is 63.6 Å². The standard InChI is InChI=1S/C10H16/c1-3-4-7-10-8-5-6-9(10)2/h5-6,8,10H,3-4,7H2,1-2H3. The van der Waals surface area contributed by atoms with Gasteiger partial charge >= 0.3 is 0 Å². The van der Waals surface area contributed by atoms with E-state index in [1.807, 2.05) is 0 Å². The van der Waals surface area contributed by atoms with Crippen LogP contribution >= 0.6 is 0 Å². The Morgan fingerprint density at radius 2 is 2.30 bits per heavy atom. The molecule has 0 bridgehead atoms. The van der Waals surface area contributed by atoms with Crippen molar-refractivity contribution in [1.82, 2.24) is 0 Å². The SMILES string of the molecule is CCCCC1C=CC=C1C. The first-order valence-corrected chi connectivity index (χ1v) is 4.19. The highest BCUT2D eigenvalue weighted by Gasteiger charge is 2.08. The lowest BCUT2D eigenvalue weighted by Crippen LogP contribution is -1.93. The van der Waals surface area contributed by atoms with Gasteiger partial charge in [0.05, 0.1) is 0 Å². The fraction of sp³-hybridized carbons (Fsp3) is 0.600. The van der Waals surface area contributed by atoms with E-state index in [-0.39, 0.29) is 0 Å². The van der Waals surface area contributed by atoms with E-state index in [2.05, 4.69) is 32.1 Å². The summed E-state index contributed by atoms with van der Waals surface area (Å²) in [5, 5.41) is 0. The van der Waals surface area contributed by atoms with Crippen LogP contribution in [0.1, 0.15) is 33.1 Å². The van der Waals surface area contributed by atoms with Crippen LogP contribution in [0.25, 0.3) is 0 Å². The van der Waals surface area contributed by atoms with Crippen LogP contribution in [-0.2, 0) is 0 Å². The van der Waals surface area contributed by atoms with Crippen LogP contribution in [0.3, 0.4) is 0 Å². The minimum atomic E-state index is 0.764. The van der Waals surface area contributed by atoms with Crippen molar-refractivity contribution in [2.24, 2.45) is 5.92 Å². The van der Waals surface area contributed by atoms with E-state index in [0.717, 1.165) is 5.92 Å². The lowest BCUT2D eigenvalue weighted by atomic mass is 9.98. The highest BCUT2D eigenvalue weighted by atomic mass is 14.1. The summed E-state index contributed by atoms with van der Waals surface area (Å²) in [5.41, 5.74) is 1.54. The molecule has 1 rings (SSSR count). The van der Waals surface area contributed by atoms with Crippen molar-refractivity contribution in [2.45, 2.75) is 33.1 Å². The van der Waals surface area contributed by atoms with Crippen molar-refractivity contribution in [1.29, 1.82) is 0 Å². The maximum absolute atomic E-state index is 2.31. The lowest BCUT2D eigenvalue weighted by molar-refractivity contribution is 0.624. The highest BCUT2D eigenvalue weighted by Crippen LogP contribution is 2.23. The molecule has 1 atom stereocenters. The normalized spacial score (nSPS) is 23.4. The predicted molar refractivity (Wildman–Crippen MR) is 45.9 cm³/mol. The first kappa shape index (κ1) is 7.59. The summed E-state index contributed by atoms with van der Waals surface area (Å²) in [6, 6.07) is 0. The van der Waals surface area contributed by atoms with Crippen LogP contribution in [0, 0.1) is 5.92 Å². The second-order valence-electron chi connectivity index (χ2n) is 3.04. The summed E-state index contributed by atoms with van der Waals surface area (Å²) in [6.07, 6.45) is 10.7. The lowest BCUT2D eigenvalue weighted by Gasteiger charge is -2.07. The Bertz CT molecular complexity index is 151. The Hall–Kier alpha value is -0.520. The smallest absolute Gasteiger partial charge is 0.00198 e. The number of hydrogen-bond acceptors (Lipinski definition) is 0. The minimum absolute atomic E-state index is 0.764. The molecule has 1 unspecified atom stereocenters. The summed E-state index contributed by atoms with van der Waals surface area (Å²) in [7, 11) is 0. The Balaban J connectivity index is 2.29. The molecule has 0 aliphatic heterocycles. The molecule has 0 saturated heterocycles. The minimum Gasteiger partial charge on any atom is -0.0773 e. The van der Waals surface area contributed by atoms with Gasteiger partial charge in [0, 0.05) is 0 Å². The second kappa shape index (κ2) is 3.60. The topological polar surface area (TPSA) is 0 Å². The van der Waals surface area contributed by atoms with Gasteiger partial charge in [0.2, 0.25) is 0 Å². The van der Waals surface area contributed by atoms with Crippen molar-refractivity contribution >= 4 is 0 Å². The molecule has 0 saturated carbocycles. The average molecular weight is 136 g/mol. The van der Waals surface area contributed by atoms with Crippen LogP contribution < -0.4 is 0 Å². The highest BCUT2D eigenvalue weighted by molar-refractivity contribution is 5.25. The second-order valence-corrected chi connectivity index (χ2v) is 3.04. The molecule has 56 valence electrons. The van der Waals surface area contributed by atoms with Gasteiger partial charge in [0.1, 0.15) is 0 Å². The maximum Gasteiger partial charge on any atom is -0.00198 e. The van der Waals surface area contributed by atoms with Crippen LogP contribution in [0.15, 0.2) is 23.8 Å². The molecule has 0 aromatic carbocycles. The maximum atomic E-state index is 2.31. The third-order valence-corrected chi connectivity index (χ3v) is 2.16. The largest absolute Gasteiger partial charge is 0.0773 e. The molecule has 0 aromatic heterocycles. The Morgan fingerprint density at radius 3 is 2.80 bits per heavy atom. The molecule has 10 heavy (non-hydrogen) atoms. The van der Waals surface area contributed by atoms with Crippen LogP contribution in [0.5, 0.6) is 0 Å². The van der Waals surface area contributed by atoms with Crippen molar-refractivity contribution in [3.63, 3.8) is 0 Å². The first-order valence-electron chi connectivity index (χ1n) is 4.19. The van der Waals surface area contributed by atoms with Gasteiger partial charge in [-0.2, -0.15) is 0 Å². The third-order valence-electron chi connectivity index (χ3n) is 2.16. The summed E-state index contributed by atoms with van der Waals surface area (Å²) in [6.45, 7) is 4.47. The molecular weight excluding hydrogens is 120 g/mol. The van der Waals surface area contributed by atoms with Gasteiger partial charge in [-0.1, -0.05) is 43.6 Å². The van der Waals surface area contributed by atoms with Crippen molar-refractivity contribution in [2.75, 3.05) is 0 Å². The van der Waals surface area contributed by atoms with Gasteiger partial charge in [-0.3, -0.25) is 0 Å². The van der Waals surface area contributed by atoms with E-state index in [4.69, 9.17) is 0 Å². The zero-order valence-corrected chi connectivity index (χ0v) is 6.93. The molecule has 0 nitrogen and oxygen atoms in total. The van der Waals surface area contributed by atoms with Crippen LogP contribution in [-0.4, -0.2) is 0 Å². The molecule has 0 amide bonds. The molecule has 0 radical (unpaired) electrons. The number of rotatable bonds is 3.